The van der Waals surface area contributed by atoms with Gasteiger partial charge in [-0.05, 0) is 0 Å². The zero-order valence-electron chi connectivity index (χ0n) is 22.3. The third-order valence-electron chi connectivity index (χ3n) is 6.62. The van der Waals surface area contributed by atoms with Gasteiger partial charge in [-0.3, -0.25) is 0 Å². The fourth-order valence-corrected chi connectivity index (χ4v) is 12.2. The number of fused-ring (bicyclic) bond motifs is 2. The molecule has 0 fully saturated rings. The maximum atomic E-state index is 11.7. The third-order valence-corrected chi connectivity index (χ3v) is 14.2. The van der Waals surface area contributed by atoms with Gasteiger partial charge in [-0.2, -0.15) is 0 Å². The van der Waals surface area contributed by atoms with Gasteiger partial charge < -0.3 is 0 Å². The summed E-state index contributed by atoms with van der Waals surface area (Å²) in [5.41, 5.74) is 6.31. The summed E-state index contributed by atoms with van der Waals surface area (Å²) < 4.78 is 44.4. The van der Waals surface area contributed by atoms with Crippen molar-refractivity contribution in [2.24, 2.45) is 0 Å². The SMILES string of the molecule is [O-][Cl+3]([O-])([O-])O[Se]1=C(c2ccccc2)C=C(/C=C/C=C/C=C2\C=C(c3ccccc3)[Se]c3ccccc32)c2ccccc21. The Hall–Kier alpha value is -3.38. The van der Waals surface area contributed by atoms with Crippen LogP contribution in [0.15, 0.2) is 152 Å². The van der Waals surface area contributed by atoms with Crippen molar-refractivity contribution in [2.75, 3.05) is 0 Å². The number of benzene rings is 4. The predicted molar refractivity (Wildman–Crippen MR) is 164 cm³/mol. The van der Waals surface area contributed by atoms with Crippen molar-refractivity contribution in [3.05, 3.63) is 174 Å². The Kier molecular flexibility index (Phi) is 8.80. The van der Waals surface area contributed by atoms with Crippen LogP contribution in [0.5, 0.6) is 0 Å². The van der Waals surface area contributed by atoms with E-state index in [2.05, 4.69) is 60.7 Å². The average molecular weight is 703 g/mol. The van der Waals surface area contributed by atoms with E-state index in [1.165, 1.54) is 25.6 Å². The molecule has 0 spiro atoms. The van der Waals surface area contributed by atoms with Gasteiger partial charge >= 0.3 is 259 Å². The fraction of sp³-hybridized carbons (Fsp3) is 0. The summed E-state index contributed by atoms with van der Waals surface area (Å²) >= 11 is -2.38. The van der Waals surface area contributed by atoms with Gasteiger partial charge in [0.2, 0.25) is 0 Å². The normalized spacial score (nSPS) is 17.7. The van der Waals surface area contributed by atoms with Crippen molar-refractivity contribution in [3.8, 4) is 0 Å². The molecule has 208 valence electrons. The van der Waals surface area contributed by atoms with Gasteiger partial charge in [0.1, 0.15) is 0 Å². The van der Waals surface area contributed by atoms with Crippen LogP contribution in [0.1, 0.15) is 22.3 Å². The van der Waals surface area contributed by atoms with Crippen LogP contribution in [0.3, 0.4) is 0 Å². The number of allylic oxidation sites excluding steroid dienone is 9. The van der Waals surface area contributed by atoms with Crippen molar-refractivity contribution in [3.63, 3.8) is 0 Å². The molecule has 7 heteroatoms. The first kappa shape index (κ1) is 28.7. The maximum absolute atomic E-state index is 11.7. The van der Waals surface area contributed by atoms with E-state index >= 15 is 0 Å². The number of halogens is 1. The van der Waals surface area contributed by atoms with Crippen LogP contribution in [-0.2, 0) is 3.37 Å². The quantitative estimate of drug-likeness (QED) is 0.219. The van der Waals surface area contributed by atoms with Crippen LogP contribution in [0.2, 0.25) is 0 Å². The summed E-state index contributed by atoms with van der Waals surface area (Å²) in [7, 11) is -4.58. The molecular formula is C35H25ClO4Se2. The summed E-state index contributed by atoms with van der Waals surface area (Å²) in [6, 6.07) is 36.1. The predicted octanol–water partition coefficient (Wildman–Crippen LogP) is 2.58. The standard InChI is InChI=1S/C35H25ClO4Se2/c37-36(38,39)40-42-34-23-13-11-21-31(34)29(25-35(42)27-16-6-2-7-17-27)19-9-3-8-18-28-24-33(26-14-4-1-5-15-26)41-32-22-12-10-20-30(28)32/h1-25H/b8-3+,19-9+,28-18+. The second kappa shape index (κ2) is 12.9. The summed E-state index contributed by atoms with van der Waals surface area (Å²) in [5.74, 6) is 0. The van der Waals surface area contributed by atoms with Crippen LogP contribution < -0.4 is 22.9 Å². The molecule has 0 saturated carbocycles. The molecule has 0 bridgehead atoms. The zero-order chi connectivity index (χ0) is 28.9. The van der Waals surface area contributed by atoms with Crippen molar-refractivity contribution in [1.82, 2.24) is 0 Å². The molecule has 4 nitrogen and oxygen atoms in total. The molecule has 0 amide bonds. The monoisotopic (exact) mass is 704 g/mol. The Bertz CT molecular complexity index is 1800. The fourth-order valence-electron chi connectivity index (χ4n) is 4.76. The zero-order valence-corrected chi connectivity index (χ0v) is 26.4. The van der Waals surface area contributed by atoms with E-state index < -0.39 is 24.0 Å². The van der Waals surface area contributed by atoms with E-state index in [0.717, 1.165) is 25.6 Å². The summed E-state index contributed by atoms with van der Waals surface area (Å²) in [4.78, 5) is 0. The Morgan fingerprint density at radius 2 is 1.29 bits per heavy atom. The Labute approximate surface area is 258 Å². The second-order valence-corrected chi connectivity index (χ2v) is 16.3. The molecule has 6 rings (SSSR count). The molecule has 42 heavy (non-hydrogen) atoms. The van der Waals surface area contributed by atoms with Crippen molar-refractivity contribution < 1.29 is 27.6 Å². The molecule has 0 radical (unpaired) electrons. The van der Waals surface area contributed by atoms with E-state index in [0.29, 0.717) is 0 Å². The number of hydrogen-bond donors (Lipinski definition) is 0. The number of rotatable bonds is 7. The van der Waals surface area contributed by atoms with Crippen molar-refractivity contribution >= 4 is 57.7 Å². The van der Waals surface area contributed by atoms with Crippen molar-refractivity contribution in [1.29, 1.82) is 0 Å². The molecule has 0 aromatic heterocycles. The summed E-state index contributed by atoms with van der Waals surface area (Å²) in [5, 5.41) is 0. The van der Waals surface area contributed by atoms with Crippen LogP contribution in [0.4, 0.5) is 0 Å². The van der Waals surface area contributed by atoms with Gasteiger partial charge in [0, 0.05) is 0 Å². The first-order valence-corrected chi connectivity index (χ1v) is 18.5. The molecule has 0 aliphatic carbocycles. The number of hydrogen-bond acceptors (Lipinski definition) is 4. The Morgan fingerprint density at radius 1 is 0.643 bits per heavy atom. The first-order valence-electron chi connectivity index (χ1n) is 13.1. The summed E-state index contributed by atoms with van der Waals surface area (Å²) in [6.45, 7) is 0. The van der Waals surface area contributed by atoms with E-state index in [9.17, 15) is 14.0 Å². The van der Waals surface area contributed by atoms with Gasteiger partial charge in [-0.25, -0.2) is 0 Å². The first-order chi connectivity index (χ1) is 20.5. The molecular weight excluding hydrogens is 678 g/mol. The van der Waals surface area contributed by atoms with Crippen LogP contribution in [0, 0.1) is 10.2 Å². The van der Waals surface area contributed by atoms with Gasteiger partial charge in [0.15, 0.2) is 0 Å². The van der Waals surface area contributed by atoms with Crippen LogP contribution in [-0.4, -0.2) is 33.2 Å². The summed E-state index contributed by atoms with van der Waals surface area (Å²) in [6.07, 6.45) is 14.4. The van der Waals surface area contributed by atoms with Crippen molar-refractivity contribution in [2.45, 2.75) is 0 Å². The minimum absolute atomic E-state index is 0.238. The molecule has 4 aromatic rings. The van der Waals surface area contributed by atoms with Gasteiger partial charge in [-0.1, -0.05) is 0 Å². The molecule has 2 aliphatic heterocycles. The molecule has 1 unspecified atom stereocenters. The Morgan fingerprint density at radius 3 is 2.02 bits per heavy atom. The van der Waals surface area contributed by atoms with Gasteiger partial charge in [-0.15, -0.1) is 0 Å². The molecule has 0 N–H and O–H groups in total. The van der Waals surface area contributed by atoms with E-state index in [1.54, 1.807) is 0 Å². The Balaban J connectivity index is 1.34. The van der Waals surface area contributed by atoms with E-state index in [-0.39, 0.29) is 15.0 Å². The van der Waals surface area contributed by atoms with Gasteiger partial charge in [0.25, 0.3) is 0 Å². The average Bonchev–Trinajstić information content (AvgIpc) is 3.01. The minimum atomic E-state index is -4.58. The third kappa shape index (κ3) is 6.64. The van der Waals surface area contributed by atoms with Crippen LogP contribution in [0.25, 0.3) is 15.6 Å². The van der Waals surface area contributed by atoms with Crippen LogP contribution >= 0.6 is 0 Å². The topological polar surface area (TPSA) is 78.4 Å². The molecule has 0 saturated heterocycles. The molecule has 1 atom stereocenters. The molecule has 2 aliphatic rings. The van der Waals surface area contributed by atoms with E-state index in [1.807, 2.05) is 91.0 Å². The van der Waals surface area contributed by atoms with Gasteiger partial charge in [0.05, 0.1) is 0 Å². The molecule has 2 heterocycles. The second-order valence-electron chi connectivity index (χ2n) is 9.37. The molecule has 4 aromatic carbocycles. The van der Waals surface area contributed by atoms with E-state index in [4.69, 9.17) is 3.37 Å².